The lowest BCUT2D eigenvalue weighted by Gasteiger charge is -1.98. The fourth-order valence-electron chi connectivity index (χ4n) is 1.45. The van der Waals surface area contributed by atoms with Crippen LogP contribution in [0.4, 0.5) is 4.39 Å². The highest BCUT2D eigenvalue weighted by Gasteiger charge is 2.09. The Kier molecular flexibility index (Phi) is 3.49. The summed E-state index contributed by atoms with van der Waals surface area (Å²) in [5, 5.41) is 10.9. The highest BCUT2D eigenvalue weighted by atomic mass is 19.1. The SMILES string of the molecule is CCNCc1nnc(-c2ccc(F)c(C)c2)o1. The van der Waals surface area contributed by atoms with Crippen LogP contribution in [0.15, 0.2) is 22.6 Å². The topological polar surface area (TPSA) is 51.0 Å². The van der Waals surface area contributed by atoms with Gasteiger partial charge in [0.2, 0.25) is 11.8 Å². The number of aryl methyl sites for hydroxylation is 1. The first-order valence-corrected chi connectivity index (χ1v) is 5.50. The lowest BCUT2D eigenvalue weighted by molar-refractivity contribution is 0.482. The molecule has 4 nitrogen and oxygen atoms in total. The minimum Gasteiger partial charge on any atom is -0.419 e. The quantitative estimate of drug-likeness (QED) is 0.883. The molecule has 0 fully saturated rings. The van der Waals surface area contributed by atoms with Gasteiger partial charge < -0.3 is 9.73 Å². The summed E-state index contributed by atoms with van der Waals surface area (Å²) in [6.45, 7) is 5.09. The van der Waals surface area contributed by atoms with E-state index in [2.05, 4.69) is 15.5 Å². The van der Waals surface area contributed by atoms with E-state index in [1.165, 1.54) is 6.07 Å². The van der Waals surface area contributed by atoms with Gasteiger partial charge >= 0.3 is 0 Å². The van der Waals surface area contributed by atoms with E-state index in [0.29, 0.717) is 23.9 Å². The van der Waals surface area contributed by atoms with E-state index in [0.717, 1.165) is 12.1 Å². The van der Waals surface area contributed by atoms with Gasteiger partial charge in [0.25, 0.3) is 0 Å². The van der Waals surface area contributed by atoms with E-state index in [4.69, 9.17) is 4.42 Å². The smallest absolute Gasteiger partial charge is 0.247 e. The predicted molar refractivity (Wildman–Crippen MR) is 61.8 cm³/mol. The summed E-state index contributed by atoms with van der Waals surface area (Å²) in [4.78, 5) is 0. The van der Waals surface area contributed by atoms with Crippen molar-refractivity contribution in [1.29, 1.82) is 0 Å². The van der Waals surface area contributed by atoms with Gasteiger partial charge in [-0.3, -0.25) is 0 Å². The van der Waals surface area contributed by atoms with Crippen molar-refractivity contribution in [2.24, 2.45) is 0 Å². The predicted octanol–water partition coefficient (Wildman–Crippen LogP) is 2.29. The van der Waals surface area contributed by atoms with E-state index in [1.807, 2.05) is 6.92 Å². The van der Waals surface area contributed by atoms with E-state index in [1.54, 1.807) is 19.1 Å². The zero-order valence-corrected chi connectivity index (χ0v) is 9.83. The zero-order chi connectivity index (χ0) is 12.3. The van der Waals surface area contributed by atoms with E-state index >= 15 is 0 Å². The molecule has 0 unspecified atom stereocenters. The number of nitrogens with one attached hydrogen (secondary N) is 1. The van der Waals surface area contributed by atoms with Crippen LogP contribution in [0, 0.1) is 12.7 Å². The van der Waals surface area contributed by atoms with Crippen LogP contribution in [0.1, 0.15) is 18.4 Å². The van der Waals surface area contributed by atoms with Gasteiger partial charge in [0.15, 0.2) is 0 Å². The van der Waals surface area contributed by atoms with E-state index in [9.17, 15) is 4.39 Å². The summed E-state index contributed by atoms with van der Waals surface area (Å²) in [7, 11) is 0. The monoisotopic (exact) mass is 235 g/mol. The summed E-state index contributed by atoms with van der Waals surface area (Å²) in [6, 6.07) is 4.73. The number of benzene rings is 1. The molecule has 0 radical (unpaired) electrons. The molecule has 0 saturated carbocycles. The molecule has 1 aromatic heterocycles. The molecule has 2 aromatic rings. The largest absolute Gasteiger partial charge is 0.419 e. The molecule has 0 bridgehead atoms. The van der Waals surface area contributed by atoms with Crippen LogP contribution in [-0.2, 0) is 6.54 Å². The first-order chi connectivity index (χ1) is 8.20. The number of rotatable bonds is 4. The maximum absolute atomic E-state index is 13.1. The molecule has 0 aliphatic rings. The Hall–Kier alpha value is -1.75. The average Bonchev–Trinajstić information content (AvgIpc) is 2.79. The maximum atomic E-state index is 13.1. The van der Waals surface area contributed by atoms with Crippen molar-refractivity contribution in [3.8, 4) is 11.5 Å². The van der Waals surface area contributed by atoms with Crippen LogP contribution in [0.5, 0.6) is 0 Å². The van der Waals surface area contributed by atoms with Crippen molar-refractivity contribution in [3.05, 3.63) is 35.5 Å². The molecule has 0 atom stereocenters. The molecular formula is C12H14FN3O. The average molecular weight is 235 g/mol. The van der Waals surface area contributed by atoms with Gasteiger partial charge in [-0.1, -0.05) is 6.92 Å². The Morgan fingerprint density at radius 3 is 2.88 bits per heavy atom. The third kappa shape index (κ3) is 2.68. The van der Waals surface area contributed by atoms with E-state index in [-0.39, 0.29) is 5.82 Å². The second-order valence-corrected chi connectivity index (χ2v) is 3.75. The van der Waals surface area contributed by atoms with Crippen molar-refractivity contribution in [3.63, 3.8) is 0 Å². The molecule has 0 saturated heterocycles. The third-order valence-corrected chi connectivity index (χ3v) is 2.40. The number of hydrogen-bond donors (Lipinski definition) is 1. The number of halogens is 1. The molecular weight excluding hydrogens is 221 g/mol. The third-order valence-electron chi connectivity index (χ3n) is 2.40. The van der Waals surface area contributed by atoms with Crippen LogP contribution in [0.2, 0.25) is 0 Å². The van der Waals surface area contributed by atoms with Crippen LogP contribution < -0.4 is 5.32 Å². The highest BCUT2D eigenvalue weighted by molar-refractivity contribution is 5.53. The zero-order valence-electron chi connectivity index (χ0n) is 9.83. The minimum absolute atomic E-state index is 0.235. The fourth-order valence-corrected chi connectivity index (χ4v) is 1.45. The molecule has 0 aliphatic heterocycles. The van der Waals surface area contributed by atoms with Crippen molar-refractivity contribution in [2.75, 3.05) is 6.54 Å². The fraction of sp³-hybridized carbons (Fsp3) is 0.333. The van der Waals surface area contributed by atoms with Gasteiger partial charge in [0, 0.05) is 5.56 Å². The molecule has 1 heterocycles. The van der Waals surface area contributed by atoms with Gasteiger partial charge in [-0.25, -0.2) is 4.39 Å². The Morgan fingerprint density at radius 2 is 2.18 bits per heavy atom. The highest BCUT2D eigenvalue weighted by Crippen LogP contribution is 2.20. The van der Waals surface area contributed by atoms with Crippen LogP contribution in [-0.4, -0.2) is 16.7 Å². The summed E-state index contributed by atoms with van der Waals surface area (Å²) in [6.07, 6.45) is 0. The summed E-state index contributed by atoms with van der Waals surface area (Å²) < 4.78 is 18.6. The molecule has 0 aliphatic carbocycles. The summed E-state index contributed by atoms with van der Waals surface area (Å²) in [5.74, 6) is 0.714. The first-order valence-electron chi connectivity index (χ1n) is 5.50. The van der Waals surface area contributed by atoms with Gasteiger partial charge in [0.1, 0.15) is 5.82 Å². The molecule has 5 heteroatoms. The van der Waals surface area contributed by atoms with Crippen LogP contribution in [0.25, 0.3) is 11.5 Å². The molecule has 0 spiro atoms. The lowest BCUT2D eigenvalue weighted by atomic mass is 10.1. The molecule has 0 amide bonds. The first kappa shape index (κ1) is 11.7. The Bertz CT molecular complexity index is 510. The normalized spacial score (nSPS) is 10.8. The molecule has 17 heavy (non-hydrogen) atoms. The summed E-state index contributed by atoms with van der Waals surface area (Å²) in [5.41, 5.74) is 1.30. The van der Waals surface area contributed by atoms with Crippen molar-refractivity contribution < 1.29 is 8.81 Å². The lowest BCUT2D eigenvalue weighted by Crippen LogP contribution is -2.11. The van der Waals surface area contributed by atoms with Crippen molar-refractivity contribution in [1.82, 2.24) is 15.5 Å². The van der Waals surface area contributed by atoms with Crippen molar-refractivity contribution >= 4 is 0 Å². The summed E-state index contributed by atoms with van der Waals surface area (Å²) >= 11 is 0. The van der Waals surface area contributed by atoms with Gasteiger partial charge in [-0.15, -0.1) is 10.2 Å². The van der Waals surface area contributed by atoms with Gasteiger partial charge in [-0.05, 0) is 37.2 Å². The minimum atomic E-state index is -0.235. The van der Waals surface area contributed by atoms with Crippen LogP contribution >= 0.6 is 0 Å². The Labute approximate surface area is 98.9 Å². The second kappa shape index (κ2) is 5.05. The molecule has 1 N–H and O–H groups in total. The van der Waals surface area contributed by atoms with Gasteiger partial charge in [-0.2, -0.15) is 0 Å². The number of aromatic nitrogens is 2. The van der Waals surface area contributed by atoms with E-state index < -0.39 is 0 Å². The number of nitrogens with zero attached hydrogens (tertiary/aromatic N) is 2. The molecule has 2 rings (SSSR count). The van der Waals surface area contributed by atoms with Crippen molar-refractivity contribution in [2.45, 2.75) is 20.4 Å². The van der Waals surface area contributed by atoms with Gasteiger partial charge in [0.05, 0.1) is 6.54 Å². The Balaban J connectivity index is 2.21. The molecule has 1 aromatic carbocycles. The van der Waals surface area contributed by atoms with Crippen LogP contribution in [0.3, 0.4) is 0 Å². The second-order valence-electron chi connectivity index (χ2n) is 3.75. The number of hydrogen-bond acceptors (Lipinski definition) is 4. The molecule has 90 valence electrons. The standard InChI is InChI=1S/C12H14FN3O/c1-3-14-7-11-15-16-12(17-11)9-4-5-10(13)8(2)6-9/h4-6,14H,3,7H2,1-2H3. The Morgan fingerprint density at radius 1 is 1.35 bits per heavy atom. The maximum Gasteiger partial charge on any atom is 0.247 e.